The molecule has 0 saturated carbocycles. The van der Waals surface area contributed by atoms with Crippen LogP contribution in [0.2, 0.25) is 0 Å². The third-order valence-electron chi connectivity index (χ3n) is 3.77. The largest absolute Gasteiger partial charge is 0.435 e. The van der Waals surface area contributed by atoms with Gasteiger partial charge in [-0.1, -0.05) is 13.8 Å². The summed E-state index contributed by atoms with van der Waals surface area (Å²) in [6.07, 6.45) is 0.213. The molecule has 0 spiro atoms. The molecule has 0 aliphatic heterocycles. The number of halogens is 2. The number of carbonyl (C=O) groups is 1. The van der Waals surface area contributed by atoms with Crippen LogP contribution in [0.25, 0.3) is 0 Å². The van der Waals surface area contributed by atoms with E-state index >= 15 is 0 Å². The predicted octanol–water partition coefficient (Wildman–Crippen LogP) is 3.94. The van der Waals surface area contributed by atoms with Gasteiger partial charge in [0.15, 0.2) is 0 Å². The van der Waals surface area contributed by atoms with Crippen LogP contribution in [0.1, 0.15) is 30.8 Å². The first kappa shape index (κ1) is 18.9. The zero-order valence-corrected chi connectivity index (χ0v) is 14.8. The Morgan fingerprint density at radius 2 is 1.88 bits per heavy atom. The fourth-order valence-corrected chi connectivity index (χ4v) is 2.60. The lowest BCUT2D eigenvalue weighted by Crippen LogP contribution is -2.15. The molecule has 2 aromatic rings. The second kappa shape index (κ2) is 8.09. The van der Waals surface area contributed by atoms with Crippen LogP contribution < -0.4 is 10.1 Å². The number of anilines is 1. The van der Waals surface area contributed by atoms with Crippen molar-refractivity contribution in [2.24, 2.45) is 5.92 Å². The number of aromatic nitrogens is 2. The van der Waals surface area contributed by atoms with Crippen LogP contribution >= 0.6 is 0 Å². The standard InChI is InChI=1S/C18H23F2N3O2/c1-11(2)10-23-13(4)16(12(3)22-23)9-17(24)21-14-5-7-15(8-6-14)25-18(19)20/h5-8,11,18H,9-10H2,1-4H3,(H,21,24). The van der Waals surface area contributed by atoms with Crippen LogP contribution in [0.4, 0.5) is 14.5 Å². The Labute approximate surface area is 146 Å². The quantitative estimate of drug-likeness (QED) is 0.822. The Kier molecular flexibility index (Phi) is 6.12. The molecule has 7 heteroatoms. The third kappa shape index (κ3) is 5.27. The first-order valence-corrected chi connectivity index (χ1v) is 8.14. The molecule has 1 aromatic heterocycles. The number of rotatable bonds is 7. The van der Waals surface area contributed by atoms with Gasteiger partial charge in [0.2, 0.25) is 5.91 Å². The summed E-state index contributed by atoms with van der Waals surface area (Å²) in [5, 5.41) is 7.26. The van der Waals surface area contributed by atoms with Gasteiger partial charge in [0.25, 0.3) is 0 Å². The van der Waals surface area contributed by atoms with E-state index in [1.165, 1.54) is 24.3 Å². The minimum Gasteiger partial charge on any atom is -0.435 e. The van der Waals surface area contributed by atoms with Crippen molar-refractivity contribution in [3.63, 3.8) is 0 Å². The van der Waals surface area contributed by atoms with E-state index in [1.807, 2.05) is 18.5 Å². The van der Waals surface area contributed by atoms with Gasteiger partial charge in [-0.2, -0.15) is 13.9 Å². The molecule has 0 fully saturated rings. The molecule has 0 unspecified atom stereocenters. The molecule has 1 aromatic carbocycles. The van der Waals surface area contributed by atoms with Crippen molar-refractivity contribution in [3.8, 4) is 5.75 Å². The molecule has 1 N–H and O–H groups in total. The maximum absolute atomic E-state index is 12.3. The van der Waals surface area contributed by atoms with Gasteiger partial charge in [-0.3, -0.25) is 9.48 Å². The molecule has 2 rings (SSSR count). The van der Waals surface area contributed by atoms with E-state index in [9.17, 15) is 13.6 Å². The Morgan fingerprint density at radius 3 is 2.44 bits per heavy atom. The average molecular weight is 351 g/mol. The number of alkyl halides is 2. The third-order valence-corrected chi connectivity index (χ3v) is 3.77. The summed E-state index contributed by atoms with van der Waals surface area (Å²) >= 11 is 0. The highest BCUT2D eigenvalue weighted by molar-refractivity contribution is 5.92. The Morgan fingerprint density at radius 1 is 1.24 bits per heavy atom. The molecule has 0 aliphatic carbocycles. The highest BCUT2D eigenvalue weighted by atomic mass is 19.3. The lowest BCUT2D eigenvalue weighted by atomic mass is 10.1. The molecule has 0 aliphatic rings. The van der Waals surface area contributed by atoms with E-state index in [0.717, 1.165) is 23.5 Å². The monoisotopic (exact) mass is 351 g/mol. The Bertz CT molecular complexity index is 725. The molecule has 25 heavy (non-hydrogen) atoms. The molecule has 0 bridgehead atoms. The van der Waals surface area contributed by atoms with Gasteiger partial charge in [0.1, 0.15) is 5.75 Å². The lowest BCUT2D eigenvalue weighted by Gasteiger charge is -2.09. The van der Waals surface area contributed by atoms with E-state index in [1.54, 1.807) is 0 Å². The van der Waals surface area contributed by atoms with Gasteiger partial charge in [-0.15, -0.1) is 0 Å². The molecular weight excluding hydrogens is 328 g/mol. The summed E-state index contributed by atoms with van der Waals surface area (Å²) in [7, 11) is 0. The fourth-order valence-electron chi connectivity index (χ4n) is 2.60. The van der Waals surface area contributed by atoms with Crippen LogP contribution in [0, 0.1) is 19.8 Å². The van der Waals surface area contributed by atoms with E-state index in [4.69, 9.17) is 0 Å². The van der Waals surface area contributed by atoms with Crippen molar-refractivity contribution in [1.29, 1.82) is 0 Å². The summed E-state index contributed by atoms with van der Waals surface area (Å²) in [6.45, 7) is 6.02. The molecular formula is C18H23F2N3O2. The van der Waals surface area contributed by atoms with E-state index < -0.39 is 6.61 Å². The molecule has 1 heterocycles. The minimum absolute atomic E-state index is 0.0506. The zero-order chi connectivity index (χ0) is 18.6. The van der Waals surface area contributed by atoms with Gasteiger partial charge in [0.05, 0.1) is 12.1 Å². The number of benzene rings is 1. The highest BCUT2D eigenvalue weighted by Crippen LogP contribution is 2.19. The van der Waals surface area contributed by atoms with Crippen molar-refractivity contribution >= 4 is 11.6 Å². The second-order valence-electron chi connectivity index (χ2n) is 6.35. The van der Waals surface area contributed by atoms with Gasteiger partial charge in [-0.25, -0.2) is 0 Å². The summed E-state index contributed by atoms with van der Waals surface area (Å²) in [4.78, 5) is 12.3. The lowest BCUT2D eigenvalue weighted by molar-refractivity contribution is -0.115. The summed E-state index contributed by atoms with van der Waals surface area (Å²) in [6, 6.07) is 5.83. The molecule has 5 nitrogen and oxygen atoms in total. The first-order valence-electron chi connectivity index (χ1n) is 8.14. The topological polar surface area (TPSA) is 56.2 Å². The van der Waals surface area contributed by atoms with Gasteiger partial charge >= 0.3 is 6.61 Å². The zero-order valence-electron chi connectivity index (χ0n) is 14.8. The average Bonchev–Trinajstić information content (AvgIpc) is 2.75. The van der Waals surface area contributed by atoms with Gasteiger partial charge in [0, 0.05) is 23.5 Å². The van der Waals surface area contributed by atoms with E-state index in [-0.39, 0.29) is 18.1 Å². The maximum atomic E-state index is 12.3. The van der Waals surface area contributed by atoms with Crippen LogP contribution in [0.3, 0.4) is 0 Å². The Hall–Kier alpha value is -2.44. The van der Waals surface area contributed by atoms with Crippen LogP contribution in [0.15, 0.2) is 24.3 Å². The van der Waals surface area contributed by atoms with Crippen molar-refractivity contribution in [3.05, 3.63) is 41.2 Å². The molecule has 136 valence electrons. The summed E-state index contributed by atoms with van der Waals surface area (Å²) in [5.74, 6) is 0.334. The maximum Gasteiger partial charge on any atom is 0.387 e. The SMILES string of the molecule is Cc1nn(CC(C)C)c(C)c1CC(=O)Nc1ccc(OC(F)F)cc1. The van der Waals surface area contributed by atoms with Crippen molar-refractivity contribution < 1.29 is 18.3 Å². The number of nitrogens with one attached hydrogen (secondary N) is 1. The number of aryl methyl sites for hydroxylation is 1. The van der Waals surface area contributed by atoms with E-state index in [0.29, 0.717) is 11.6 Å². The number of nitrogens with zero attached hydrogens (tertiary/aromatic N) is 2. The normalized spacial score (nSPS) is 11.2. The second-order valence-corrected chi connectivity index (χ2v) is 6.35. The summed E-state index contributed by atoms with van der Waals surface area (Å²) < 4.78 is 30.5. The van der Waals surface area contributed by atoms with Gasteiger partial charge < -0.3 is 10.1 Å². The van der Waals surface area contributed by atoms with Crippen LogP contribution in [-0.4, -0.2) is 22.3 Å². The van der Waals surface area contributed by atoms with Crippen LogP contribution in [0.5, 0.6) is 5.75 Å². The van der Waals surface area contributed by atoms with Crippen LogP contribution in [-0.2, 0) is 17.8 Å². The number of carbonyl (C=O) groups excluding carboxylic acids is 1. The fraction of sp³-hybridized carbons (Fsp3) is 0.444. The van der Waals surface area contributed by atoms with Crippen molar-refractivity contribution in [2.45, 2.75) is 47.3 Å². The number of hydrogen-bond acceptors (Lipinski definition) is 3. The Balaban J connectivity index is 2.02. The molecule has 1 amide bonds. The smallest absolute Gasteiger partial charge is 0.387 e. The number of ether oxygens (including phenoxy) is 1. The van der Waals surface area contributed by atoms with E-state index in [2.05, 4.69) is 29.0 Å². The number of hydrogen-bond donors (Lipinski definition) is 1. The highest BCUT2D eigenvalue weighted by Gasteiger charge is 2.15. The molecule has 0 atom stereocenters. The minimum atomic E-state index is -2.87. The van der Waals surface area contributed by atoms with Gasteiger partial charge in [-0.05, 0) is 44.0 Å². The molecule has 0 saturated heterocycles. The summed E-state index contributed by atoms with van der Waals surface area (Å²) in [5.41, 5.74) is 3.27. The number of amides is 1. The predicted molar refractivity (Wildman–Crippen MR) is 91.9 cm³/mol. The first-order chi connectivity index (χ1) is 11.8. The molecule has 0 radical (unpaired) electrons. The van der Waals surface area contributed by atoms with Crippen molar-refractivity contribution in [2.75, 3.05) is 5.32 Å². The van der Waals surface area contributed by atoms with Crippen molar-refractivity contribution in [1.82, 2.24) is 9.78 Å².